The van der Waals surface area contributed by atoms with Gasteiger partial charge in [-0.3, -0.25) is 0 Å². The molecule has 1 aromatic carbocycles. The molecule has 0 saturated carbocycles. The van der Waals surface area contributed by atoms with Gasteiger partial charge in [0.2, 0.25) is 0 Å². The Balaban J connectivity index is 2.78. The summed E-state index contributed by atoms with van der Waals surface area (Å²) in [5.74, 6) is -0.225. The van der Waals surface area contributed by atoms with E-state index in [2.05, 4.69) is 19.2 Å². The molecule has 0 atom stereocenters. The number of benzene rings is 1. The van der Waals surface area contributed by atoms with Crippen LogP contribution in [0.25, 0.3) is 0 Å². The Hall–Kier alpha value is -1.51. The first-order valence-corrected chi connectivity index (χ1v) is 6.16. The molecule has 0 amide bonds. The average molecular weight is 235 g/mol. The van der Waals surface area contributed by atoms with Gasteiger partial charge in [-0.25, -0.2) is 4.79 Å². The van der Waals surface area contributed by atoms with Crippen LogP contribution in [0.15, 0.2) is 18.2 Å². The number of carboxylic acid groups (broad SMARTS) is 1. The Bertz CT molecular complexity index is 384. The summed E-state index contributed by atoms with van der Waals surface area (Å²) in [6.07, 6.45) is 2.28. The van der Waals surface area contributed by atoms with E-state index in [1.54, 1.807) is 12.1 Å². The summed E-state index contributed by atoms with van der Waals surface area (Å²) in [5, 5.41) is 12.4. The summed E-state index contributed by atoms with van der Waals surface area (Å²) < 4.78 is 0. The molecule has 0 saturated heterocycles. The molecule has 0 unspecified atom stereocenters. The molecular weight excluding hydrogens is 214 g/mol. The van der Waals surface area contributed by atoms with E-state index in [1.807, 2.05) is 13.0 Å². The van der Waals surface area contributed by atoms with Gasteiger partial charge in [-0.05, 0) is 30.5 Å². The van der Waals surface area contributed by atoms with E-state index in [0.29, 0.717) is 11.5 Å². The highest BCUT2D eigenvalue weighted by atomic mass is 16.4. The molecule has 1 rings (SSSR count). The van der Waals surface area contributed by atoms with Crippen LogP contribution in [0.1, 0.15) is 42.6 Å². The molecule has 0 spiro atoms. The average Bonchev–Trinajstić information content (AvgIpc) is 2.32. The van der Waals surface area contributed by atoms with Crippen molar-refractivity contribution in [1.82, 2.24) is 0 Å². The monoisotopic (exact) mass is 235 g/mol. The van der Waals surface area contributed by atoms with Crippen LogP contribution in [0.3, 0.4) is 0 Å². The number of carboxylic acids is 1. The summed E-state index contributed by atoms with van der Waals surface area (Å²) >= 11 is 0. The predicted octanol–water partition coefficient (Wildman–Crippen LogP) is 3.54. The zero-order chi connectivity index (χ0) is 12.8. The fraction of sp³-hybridized carbons (Fsp3) is 0.500. The Morgan fingerprint density at radius 1 is 1.35 bits per heavy atom. The van der Waals surface area contributed by atoms with E-state index in [-0.39, 0.29) is 0 Å². The highest BCUT2D eigenvalue weighted by molar-refractivity contribution is 5.91. The minimum atomic E-state index is -0.867. The minimum absolute atomic E-state index is 0.375. The molecule has 3 heteroatoms. The van der Waals surface area contributed by atoms with Gasteiger partial charge in [0.05, 0.1) is 5.56 Å². The van der Waals surface area contributed by atoms with E-state index in [1.165, 1.54) is 0 Å². The molecule has 0 aromatic heterocycles. The summed E-state index contributed by atoms with van der Waals surface area (Å²) in [5.41, 5.74) is 2.11. The van der Waals surface area contributed by atoms with E-state index in [0.717, 1.165) is 30.6 Å². The third-order valence-corrected chi connectivity index (χ3v) is 3.30. The number of rotatable bonds is 6. The first-order valence-electron chi connectivity index (χ1n) is 6.16. The SMILES string of the molecule is CCC(CC)CNc1cccc(C(=O)O)c1C. The Kier molecular flexibility index (Phi) is 5.01. The second kappa shape index (κ2) is 6.28. The maximum absolute atomic E-state index is 11.0. The van der Waals surface area contributed by atoms with Crippen molar-refractivity contribution in [1.29, 1.82) is 0 Å². The van der Waals surface area contributed by atoms with Crippen LogP contribution < -0.4 is 5.32 Å². The van der Waals surface area contributed by atoms with Gasteiger partial charge in [0, 0.05) is 12.2 Å². The summed E-state index contributed by atoms with van der Waals surface area (Å²) in [6.45, 7) is 7.10. The predicted molar refractivity (Wildman–Crippen MR) is 70.7 cm³/mol. The molecule has 3 nitrogen and oxygen atoms in total. The van der Waals surface area contributed by atoms with E-state index >= 15 is 0 Å². The van der Waals surface area contributed by atoms with Crippen LogP contribution in [0.5, 0.6) is 0 Å². The molecule has 0 bridgehead atoms. The van der Waals surface area contributed by atoms with Crippen LogP contribution in [0.4, 0.5) is 5.69 Å². The van der Waals surface area contributed by atoms with Crippen LogP contribution in [-0.4, -0.2) is 17.6 Å². The third kappa shape index (κ3) is 3.48. The lowest BCUT2D eigenvalue weighted by Gasteiger charge is -2.16. The topological polar surface area (TPSA) is 49.3 Å². The first kappa shape index (κ1) is 13.6. The number of hydrogen-bond donors (Lipinski definition) is 2. The fourth-order valence-corrected chi connectivity index (χ4v) is 1.89. The molecule has 0 aliphatic heterocycles. The molecule has 2 N–H and O–H groups in total. The van der Waals surface area contributed by atoms with Crippen LogP contribution in [0.2, 0.25) is 0 Å². The number of aromatic carboxylic acids is 1. The zero-order valence-electron chi connectivity index (χ0n) is 10.8. The van der Waals surface area contributed by atoms with Gasteiger partial charge >= 0.3 is 5.97 Å². The molecule has 17 heavy (non-hydrogen) atoms. The lowest BCUT2D eigenvalue weighted by atomic mass is 10.0. The lowest BCUT2D eigenvalue weighted by Crippen LogP contribution is -2.14. The number of hydrogen-bond acceptors (Lipinski definition) is 2. The summed E-state index contributed by atoms with van der Waals surface area (Å²) in [7, 11) is 0. The smallest absolute Gasteiger partial charge is 0.336 e. The second-order valence-corrected chi connectivity index (χ2v) is 4.35. The van der Waals surface area contributed by atoms with Gasteiger partial charge < -0.3 is 10.4 Å². The van der Waals surface area contributed by atoms with Crippen molar-refractivity contribution in [2.45, 2.75) is 33.6 Å². The highest BCUT2D eigenvalue weighted by Gasteiger charge is 2.10. The number of anilines is 1. The maximum atomic E-state index is 11.0. The van der Waals surface area contributed by atoms with Crippen LogP contribution in [0, 0.1) is 12.8 Å². The molecule has 0 heterocycles. The fourth-order valence-electron chi connectivity index (χ4n) is 1.89. The quantitative estimate of drug-likeness (QED) is 0.792. The van der Waals surface area contributed by atoms with E-state index in [4.69, 9.17) is 5.11 Å². The van der Waals surface area contributed by atoms with Gasteiger partial charge in [0.25, 0.3) is 0 Å². The van der Waals surface area contributed by atoms with Gasteiger partial charge in [0.15, 0.2) is 0 Å². The molecule has 0 radical (unpaired) electrons. The van der Waals surface area contributed by atoms with Crippen molar-refractivity contribution in [3.8, 4) is 0 Å². The van der Waals surface area contributed by atoms with Crippen molar-refractivity contribution in [3.63, 3.8) is 0 Å². The molecule has 94 valence electrons. The Morgan fingerprint density at radius 3 is 2.53 bits per heavy atom. The third-order valence-electron chi connectivity index (χ3n) is 3.30. The Labute approximate surface area is 103 Å². The maximum Gasteiger partial charge on any atom is 0.336 e. The standard InChI is InChI=1S/C14H21NO2/c1-4-11(5-2)9-15-13-8-6-7-12(10(13)3)14(16)17/h6-8,11,15H,4-5,9H2,1-3H3,(H,16,17). The molecule has 0 aliphatic rings. The largest absolute Gasteiger partial charge is 0.478 e. The molecule has 0 aliphatic carbocycles. The number of carbonyl (C=O) groups is 1. The minimum Gasteiger partial charge on any atom is -0.478 e. The molecule has 1 aromatic rings. The number of nitrogens with one attached hydrogen (secondary N) is 1. The lowest BCUT2D eigenvalue weighted by molar-refractivity contribution is 0.0696. The van der Waals surface area contributed by atoms with Gasteiger partial charge in [0.1, 0.15) is 0 Å². The van der Waals surface area contributed by atoms with Crippen molar-refractivity contribution >= 4 is 11.7 Å². The normalized spacial score (nSPS) is 10.6. The van der Waals surface area contributed by atoms with Gasteiger partial charge in [-0.1, -0.05) is 32.8 Å². The Morgan fingerprint density at radius 2 is 2.00 bits per heavy atom. The van der Waals surface area contributed by atoms with Crippen LogP contribution in [-0.2, 0) is 0 Å². The van der Waals surface area contributed by atoms with Crippen molar-refractivity contribution in [2.75, 3.05) is 11.9 Å². The van der Waals surface area contributed by atoms with Crippen molar-refractivity contribution in [2.24, 2.45) is 5.92 Å². The van der Waals surface area contributed by atoms with Crippen molar-refractivity contribution in [3.05, 3.63) is 29.3 Å². The van der Waals surface area contributed by atoms with Gasteiger partial charge in [-0.15, -0.1) is 0 Å². The first-order chi connectivity index (χ1) is 8.10. The second-order valence-electron chi connectivity index (χ2n) is 4.35. The molecular formula is C14H21NO2. The molecule has 0 fully saturated rings. The summed E-state index contributed by atoms with van der Waals surface area (Å²) in [6, 6.07) is 5.36. The van der Waals surface area contributed by atoms with Gasteiger partial charge in [-0.2, -0.15) is 0 Å². The van der Waals surface area contributed by atoms with E-state index in [9.17, 15) is 4.79 Å². The van der Waals surface area contributed by atoms with Crippen molar-refractivity contribution < 1.29 is 9.90 Å². The zero-order valence-corrected chi connectivity index (χ0v) is 10.8. The summed E-state index contributed by atoms with van der Waals surface area (Å²) in [4.78, 5) is 11.0. The van der Waals surface area contributed by atoms with Crippen LogP contribution >= 0.6 is 0 Å². The van der Waals surface area contributed by atoms with E-state index < -0.39 is 5.97 Å². The highest BCUT2D eigenvalue weighted by Crippen LogP contribution is 2.20.